The van der Waals surface area contributed by atoms with Crippen LogP contribution in [0.5, 0.6) is 0 Å². The molecule has 19 heavy (non-hydrogen) atoms. The molecule has 0 spiro atoms. The SMILES string of the molecule is CC[C@H](C)NC(=O)COC(=O)c1ccc(Cl)c(N)c1. The number of nitrogen functional groups attached to an aromatic ring is 1. The van der Waals surface area contributed by atoms with Crippen molar-refractivity contribution in [2.45, 2.75) is 26.3 Å². The highest BCUT2D eigenvalue weighted by atomic mass is 35.5. The maximum absolute atomic E-state index is 11.7. The zero-order valence-electron chi connectivity index (χ0n) is 10.9. The van der Waals surface area contributed by atoms with Gasteiger partial charge in [0.1, 0.15) is 0 Å². The minimum atomic E-state index is -0.609. The second kappa shape index (κ2) is 6.99. The van der Waals surface area contributed by atoms with E-state index in [0.29, 0.717) is 10.7 Å². The van der Waals surface area contributed by atoms with Crippen molar-refractivity contribution in [3.8, 4) is 0 Å². The van der Waals surface area contributed by atoms with Gasteiger partial charge in [-0.3, -0.25) is 4.79 Å². The van der Waals surface area contributed by atoms with Crippen molar-refractivity contribution in [2.24, 2.45) is 0 Å². The van der Waals surface area contributed by atoms with E-state index in [9.17, 15) is 9.59 Å². The lowest BCUT2D eigenvalue weighted by atomic mass is 10.2. The molecular formula is C13H17ClN2O3. The predicted molar refractivity (Wildman–Crippen MR) is 74.0 cm³/mol. The molecule has 0 saturated heterocycles. The van der Waals surface area contributed by atoms with Crippen LogP contribution < -0.4 is 11.1 Å². The third kappa shape index (κ3) is 4.79. The number of anilines is 1. The lowest BCUT2D eigenvalue weighted by Crippen LogP contribution is -2.35. The number of ether oxygens (including phenoxy) is 1. The molecule has 1 aromatic carbocycles. The van der Waals surface area contributed by atoms with Crippen LogP contribution in [-0.2, 0) is 9.53 Å². The Balaban J connectivity index is 2.51. The normalized spacial score (nSPS) is 11.7. The fraction of sp³-hybridized carbons (Fsp3) is 0.385. The number of carbonyl (C=O) groups excluding carboxylic acids is 2. The molecule has 1 rings (SSSR count). The Morgan fingerprint density at radius 1 is 1.47 bits per heavy atom. The summed E-state index contributed by atoms with van der Waals surface area (Å²) in [6.45, 7) is 3.51. The van der Waals surface area contributed by atoms with E-state index < -0.39 is 5.97 Å². The predicted octanol–water partition coefficient (Wildman–Crippen LogP) is 1.99. The second-order valence-corrected chi connectivity index (χ2v) is 4.60. The number of rotatable bonds is 5. The number of nitrogens with two attached hydrogens (primary N) is 1. The second-order valence-electron chi connectivity index (χ2n) is 4.19. The molecule has 0 radical (unpaired) electrons. The Morgan fingerprint density at radius 3 is 2.74 bits per heavy atom. The number of esters is 1. The van der Waals surface area contributed by atoms with E-state index in [-0.39, 0.29) is 24.1 Å². The van der Waals surface area contributed by atoms with Crippen LogP contribution in [0.4, 0.5) is 5.69 Å². The first-order chi connectivity index (χ1) is 8.93. The molecule has 1 atom stereocenters. The first-order valence-corrected chi connectivity index (χ1v) is 6.33. The Hall–Kier alpha value is -1.75. The van der Waals surface area contributed by atoms with Crippen molar-refractivity contribution in [2.75, 3.05) is 12.3 Å². The fourth-order valence-corrected chi connectivity index (χ4v) is 1.42. The summed E-state index contributed by atoms with van der Waals surface area (Å²) in [5.41, 5.74) is 6.13. The van der Waals surface area contributed by atoms with Crippen molar-refractivity contribution in [1.82, 2.24) is 5.32 Å². The zero-order valence-corrected chi connectivity index (χ0v) is 11.7. The molecule has 6 heteroatoms. The van der Waals surface area contributed by atoms with E-state index in [4.69, 9.17) is 22.1 Å². The molecule has 1 amide bonds. The number of halogens is 1. The minimum Gasteiger partial charge on any atom is -0.452 e. The van der Waals surface area contributed by atoms with Gasteiger partial charge in [-0.2, -0.15) is 0 Å². The largest absolute Gasteiger partial charge is 0.452 e. The lowest BCUT2D eigenvalue weighted by Gasteiger charge is -2.11. The third-order valence-corrected chi connectivity index (χ3v) is 2.93. The number of benzene rings is 1. The van der Waals surface area contributed by atoms with Crippen LogP contribution in [-0.4, -0.2) is 24.5 Å². The number of amides is 1. The van der Waals surface area contributed by atoms with Gasteiger partial charge in [0, 0.05) is 6.04 Å². The quantitative estimate of drug-likeness (QED) is 0.640. The molecule has 104 valence electrons. The van der Waals surface area contributed by atoms with E-state index in [1.54, 1.807) is 0 Å². The van der Waals surface area contributed by atoms with E-state index >= 15 is 0 Å². The summed E-state index contributed by atoms with van der Waals surface area (Å²) in [6, 6.07) is 4.47. The Bertz CT molecular complexity index is 477. The summed E-state index contributed by atoms with van der Waals surface area (Å²) >= 11 is 5.74. The van der Waals surface area contributed by atoms with Gasteiger partial charge in [0.25, 0.3) is 5.91 Å². The Morgan fingerprint density at radius 2 is 2.16 bits per heavy atom. The van der Waals surface area contributed by atoms with E-state index in [1.807, 2.05) is 13.8 Å². The monoisotopic (exact) mass is 284 g/mol. The van der Waals surface area contributed by atoms with Gasteiger partial charge in [0.2, 0.25) is 0 Å². The molecule has 0 fully saturated rings. The fourth-order valence-electron chi connectivity index (χ4n) is 1.30. The first-order valence-electron chi connectivity index (χ1n) is 5.95. The highest BCUT2D eigenvalue weighted by molar-refractivity contribution is 6.33. The van der Waals surface area contributed by atoms with Gasteiger partial charge < -0.3 is 15.8 Å². The van der Waals surface area contributed by atoms with E-state index in [2.05, 4.69) is 5.32 Å². The standard InChI is InChI=1S/C13H17ClN2O3/c1-3-8(2)16-12(17)7-19-13(18)9-4-5-10(14)11(15)6-9/h4-6,8H,3,7,15H2,1-2H3,(H,16,17)/t8-/m0/s1. The van der Waals surface area contributed by atoms with Crippen LogP contribution >= 0.6 is 11.6 Å². The van der Waals surface area contributed by atoms with Gasteiger partial charge in [-0.1, -0.05) is 18.5 Å². The molecular weight excluding hydrogens is 268 g/mol. The van der Waals surface area contributed by atoms with E-state index in [0.717, 1.165) is 6.42 Å². The Kier molecular flexibility index (Phi) is 5.63. The molecule has 0 bridgehead atoms. The summed E-state index contributed by atoms with van der Waals surface area (Å²) in [7, 11) is 0. The van der Waals surface area contributed by atoms with Crippen molar-refractivity contribution in [1.29, 1.82) is 0 Å². The summed E-state index contributed by atoms with van der Waals surface area (Å²) in [6.07, 6.45) is 0.813. The summed E-state index contributed by atoms with van der Waals surface area (Å²) < 4.78 is 4.88. The summed E-state index contributed by atoms with van der Waals surface area (Å²) in [5, 5.41) is 3.06. The van der Waals surface area contributed by atoms with Crippen molar-refractivity contribution < 1.29 is 14.3 Å². The molecule has 5 nitrogen and oxygen atoms in total. The van der Waals surface area contributed by atoms with Crippen LogP contribution in [0.2, 0.25) is 5.02 Å². The molecule has 3 N–H and O–H groups in total. The lowest BCUT2D eigenvalue weighted by molar-refractivity contribution is -0.124. The van der Waals surface area contributed by atoms with Gasteiger partial charge in [-0.25, -0.2) is 4.79 Å². The highest BCUT2D eigenvalue weighted by Gasteiger charge is 2.12. The van der Waals surface area contributed by atoms with Crippen LogP contribution in [0, 0.1) is 0 Å². The topological polar surface area (TPSA) is 81.4 Å². The average Bonchev–Trinajstić information content (AvgIpc) is 2.39. The van der Waals surface area contributed by atoms with E-state index in [1.165, 1.54) is 18.2 Å². The minimum absolute atomic E-state index is 0.0531. The molecule has 0 heterocycles. The van der Waals surface area contributed by atoms with Crippen LogP contribution in [0.15, 0.2) is 18.2 Å². The van der Waals surface area contributed by atoms with Crippen molar-refractivity contribution >= 4 is 29.2 Å². The number of hydrogen-bond donors (Lipinski definition) is 2. The van der Waals surface area contributed by atoms with Gasteiger partial charge >= 0.3 is 5.97 Å². The molecule has 0 unspecified atom stereocenters. The molecule has 0 aliphatic heterocycles. The number of hydrogen-bond acceptors (Lipinski definition) is 4. The summed E-state index contributed by atoms with van der Waals surface area (Å²) in [5.74, 6) is -0.938. The molecule has 1 aromatic rings. The van der Waals surface area contributed by atoms with Gasteiger partial charge in [-0.05, 0) is 31.5 Å². The molecule has 0 saturated carbocycles. The van der Waals surface area contributed by atoms with Crippen LogP contribution in [0.3, 0.4) is 0 Å². The Labute approximate surface area is 117 Å². The maximum Gasteiger partial charge on any atom is 0.338 e. The van der Waals surface area contributed by atoms with Gasteiger partial charge in [0.05, 0.1) is 16.3 Å². The average molecular weight is 285 g/mol. The highest BCUT2D eigenvalue weighted by Crippen LogP contribution is 2.19. The maximum atomic E-state index is 11.7. The third-order valence-electron chi connectivity index (χ3n) is 2.59. The van der Waals surface area contributed by atoms with Gasteiger partial charge in [0.15, 0.2) is 6.61 Å². The number of nitrogens with one attached hydrogen (secondary N) is 1. The molecule has 0 aliphatic carbocycles. The van der Waals surface area contributed by atoms with Crippen molar-refractivity contribution in [3.63, 3.8) is 0 Å². The number of carbonyl (C=O) groups is 2. The van der Waals surface area contributed by atoms with Crippen LogP contribution in [0.25, 0.3) is 0 Å². The van der Waals surface area contributed by atoms with Crippen molar-refractivity contribution in [3.05, 3.63) is 28.8 Å². The van der Waals surface area contributed by atoms with Crippen LogP contribution in [0.1, 0.15) is 30.6 Å². The first kappa shape index (κ1) is 15.3. The summed E-state index contributed by atoms with van der Waals surface area (Å²) in [4.78, 5) is 23.1. The van der Waals surface area contributed by atoms with Gasteiger partial charge in [-0.15, -0.1) is 0 Å². The molecule has 0 aliphatic rings. The molecule has 0 aromatic heterocycles. The smallest absolute Gasteiger partial charge is 0.338 e. The zero-order chi connectivity index (χ0) is 14.4.